The highest BCUT2D eigenvalue weighted by molar-refractivity contribution is 8.00. The summed E-state index contributed by atoms with van der Waals surface area (Å²) in [5.41, 5.74) is 5.15. The van der Waals surface area contributed by atoms with Crippen LogP contribution in [-0.4, -0.2) is 23.3 Å². The summed E-state index contributed by atoms with van der Waals surface area (Å²) in [6.07, 6.45) is 0. The van der Waals surface area contributed by atoms with Crippen LogP contribution in [0.2, 0.25) is 0 Å². The van der Waals surface area contributed by atoms with Crippen molar-refractivity contribution in [2.75, 3.05) is 12.4 Å². The van der Waals surface area contributed by atoms with Gasteiger partial charge in [0.2, 0.25) is 5.91 Å². The molecule has 0 fully saturated rings. The highest BCUT2D eigenvalue weighted by Gasteiger charge is 2.18. The maximum Gasteiger partial charge on any atom is 0.237 e. The predicted octanol–water partition coefficient (Wildman–Crippen LogP) is 5.37. The first-order valence-electron chi connectivity index (χ1n) is 9.51. The number of aromatic nitrogens is 1. The van der Waals surface area contributed by atoms with Gasteiger partial charge in [-0.1, -0.05) is 17.8 Å². The molecule has 1 atom stereocenters. The summed E-state index contributed by atoms with van der Waals surface area (Å²) in [7, 11) is 1.62. The number of pyridine rings is 1. The van der Waals surface area contributed by atoms with Crippen LogP contribution in [0.25, 0.3) is 11.3 Å². The van der Waals surface area contributed by atoms with Crippen molar-refractivity contribution in [1.29, 1.82) is 5.26 Å². The number of amides is 1. The summed E-state index contributed by atoms with van der Waals surface area (Å²) in [4.78, 5) is 17.3. The topological polar surface area (TPSA) is 75.0 Å². The number of hydrogen-bond donors (Lipinski definition) is 1. The molecule has 0 aliphatic heterocycles. The van der Waals surface area contributed by atoms with E-state index in [9.17, 15) is 10.1 Å². The van der Waals surface area contributed by atoms with E-state index in [1.807, 2.05) is 69.3 Å². The maximum atomic E-state index is 12.7. The molecular weight excluding hydrogens is 394 g/mol. The van der Waals surface area contributed by atoms with Crippen molar-refractivity contribution in [2.24, 2.45) is 0 Å². The molecule has 0 aliphatic carbocycles. The molecule has 1 amide bonds. The molecule has 0 aliphatic rings. The number of thioether (sulfide) groups is 1. The third kappa shape index (κ3) is 5.00. The first-order valence-corrected chi connectivity index (χ1v) is 10.4. The Labute approximate surface area is 181 Å². The Bertz CT molecular complexity index is 1100. The second-order valence-corrected chi connectivity index (χ2v) is 8.27. The van der Waals surface area contributed by atoms with Crippen LogP contribution in [-0.2, 0) is 4.79 Å². The number of carbonyl (C=O) groups excluding carboxylic acids is 1. The number of nitrogens with one attached hydrogen (secondary N) is 1. The molecule has 1 unspecified atom stereocenters. The first-order chi connectivity index (χ1) is 14.4. The highest BCUT2D eigenvalue weighted by atomic mass is 32.2. The van der Waals surface area contributed by atoms with Gasteiger partial charge in [-0.3, -0.25) is 4.79 Å². The second-order valence-electron chi connectivity index (χ2n) is 6.94. The zero-order valence-electron chi connectivity index (χ0n) is 17.4. The quantitative estimate of drug-likeness (QED) is 0.546. The number of aryl methyl sites for hydroxylation is 2. The highest BCUT2D eigenvalue weighted by Crippen LogP contribution is 2.29. The van der Waals surface area contributed by atoms with Crippen LogP contribution < -0.4 is 10.1 Å². The van der Waals surface area contributed by atoms with E-state index in [-0.39, 0.29) is 5.91 Å². The Balaban J connectivity index is 1.78. The zero-order valence-corrected chi connectivity index (χ0v) is 18.2. The number of carbonyl (C=O) groups is 1. The summed E-state index contributed by atoms with van der Waals surface area (Å²) in [5.74, 6) is 0.627. The number of anilines is 1. The second kappa shape index (κ2) is 9.47. The van der Waals surface area contributed by atoms with E-state index in [2.05, 4.69) is 16.4 Å². The monoisotopic (exact) mass is 417 g/mol. The largest absolute Gasteiger partial charge is 0.497 e. The van der Waals surface area contributed by atoms with Crippen molar-refractivity contribution in [3.05, 3.63) is 71.3 Å². The average molecular weight is 418 g/mol. The molecule has 3 aromatic rings. The van der Waals surface area contributed by atoms with Gasteiger partial charge in [-0.05, 0) is 80.4 Å². The van der Waals surface area contributed by atoms with E-state index in [1.165, 1.54) is 17.3 Å². The van der Waals surface area contributed by atoms with E-state index >= 15 is 0 Å². The summed E-state index contributed by atoms with van der Waals surface area (Å²) in [6, 6.07) is 19.1. The maximum absolute atomic E-state index is 12.7. The van der Waals surface area contributed by atoms with Crippen molar-refractivity contribution in [3.63, 3.8) is 0 Å². The van der Waals surface area contributed by atoms with E-state index in [0.29, 0.717) is 10.6 Å². The summed E-state index contributed by atoms with van der Waals surface area (Å²) in [6.45, 7) is 5.85. The number of nitriles is 1. The lowest BCUT2D eigenvalue weighted by molar-refractivity contribution is -0.115. The van der Waals surface area contributed by atoms with Crippen LogP contribution in [0.15, 0.2) is 59.6 Å². The number of ether oxygens (including phenoxy) is 1. The third-order valence-corrected chi connectivity index (χ3v) is 5.90. The normalized spacial score (nSPS) is 11.4. The molecule has 0 spiro atoms. The lowest BCUT2D eigenvalue weighted by Crippen LogP contribution is -2.22. The molecular formula is C24H23N3O2S. The van der Waals surface area contributed by atoms with Crippen molar-refractivity contribution in [3.8, 4) is 23.1 Å². The molecule has 2 aromatic carbocycles. The van der Waals surface area contributed by atoms with Crippen molar-refractivity contribution < 1.29 is 9.53 Å². The van der Waals surface area contributed by atoms with Crippen molar-refractivity contribution in [2.45, 2.75) is 31.0 Å². The summed E-state index contributed by atoms with van der Waals surface area (Å²) in [5, 5.41) is 12.5. The number of nitrogens with zero attached hydrogens (tertiary/aromatic N) is 2. The molecule has 1 aromatic heterocycles. The van der Waals surface area contributed by atoms with Crippen LogP contribution in [0, 0.1) is 25.2 Å². The minimum Gasteiger partial charge on any atom is -0.497 e. The van der Waals surface area contributed by atoms with Gasteiger partial charge in [0.1, 0.15) is 16.8 Å². The molecule has 0 bridgehead atoms. The predicted molar refractivity (Wildman–Crippen MR) is 121 cm³/mol. The van der Waals surface area contributed by atoms with Crippen LogP contribution >= 0.6 is 11.8 Å². The van der Waals surface area contributed by atoms with Gasteiger partial charge in [0.15, 0.2) is 0 Å². The average Bonchev–Trinajstić information content (AvgIpc) is 2.76. The molecule has 6 heteroatoms. The van der Waals surface area contributed by atoms with Gasteiger partial charge < -0.3 is 10.1 Å². The minimum absolute atomic E-state index is 0.135. The van der Waals surface area contributed by atoms with Gasteiger partial charge in [-0.15, -0.1) is 0 Å². The standard InChI is InChI=1S/C24H23N3O2S/c1-15-5-9-20(13-16(15)2)26-23(28)17(3)30-24-19(14-25)8-12-22(27-24)18-6-10-21(29-4)11-7-18/h5-13,17H,1-4H3,(H,26,28). The summed E-state index contributed by atoms with van der Waals surface area (Å²) >= 11 is 1.28. The molecule has 1 heterocycles. The smallest absolute Gasteiger partial charge is 0.237 e. The molecule has 30 heavy (non-hydrogen) atoms. The molecule has 152 valence electrons. The molecule has 5 nitrogen and oxygen atoms in total. The minimum atomic E-state index is -0.419. The Hall–Kier alpha value is -3.30. The fourth-order valence-corrected chi connectivity index (χ4v) is 3.71. The fraction of sp³-hybridized carbons (Fsp3) is 0.208. The van der Waals surface area contributed by atoms with E-state index in [0.717, 1.165) is 28.3 Å². The Morgan fingerprint density at radius 2 is 1.83 bits per heavy atom. The molecule has 0 saturated heterocycles. The Kier molecular flexibility index (Phi) is 6.76. The van der Waals surface area contributed by atoms with E-state index in [4.69, 9.17) is 4.74 Å². The van der Waals surface area contributed by atoms with Crippen molar-refractivity contribution >= 4 is 23.4 Å². The summed E-state index contributed by atoms with van der Waals surface area (Å²) < 4.78 is 5.19. The van der Waals surface area contributed by atoms with Gasteiger partial charge in [0.25, 0.3) is 0 Å². The van der Waals surface area contributed by atoms with Gasteiger partial charge in [-0.2, -0.15) is 5.26 Å². The van der Waals surface area contributed by atoms with Crippen LogP contribution in [0.1, 0.15) is 23.6 Å². The fourth-order valence-electron chi connectivity index (χ4n) is 2.82. The Morgan fingerprint density at radius 1 is 1.10 bits per heavy atom. The van der Waals surface area contributed by atoms with Gasteiger partial charge in [-0.25, -0.2) is 4.98 Å². The van der Waals surface area contributed by atoms with Crippen LogP contribution in [0.5, 0.6) is 5.75 Å². The first kappa shape index (κ1) is 21.4. The third-order valence-electron chi connectivity index (χ3n) is 4.80. The molecule has 1 N–H and O–H groups in total. The van der Waals surface area contributed by atoms with Gasteiger partial charge in [0, 0.05) is 11.3 Å². The van der Waals surface area contributed by atoms with Crippen LogP contribution in [0.4, 0.5) is 5.69 Å². The van der Waals surface area contributed by atoms with Gasteiger partial charge >= 0.3 is 0 Å². The number of benzene rings is 2. The van der Waals surface area contributed by atoms with Crippen molar-refractivity contribution in [1.82, 2.24) is 4.98 Å². The molecule has 0 saturated carbocycles. The lowest BCUT2D eigenvalue weighted by Gasteiger charge is -2.14. The van der Waals surface area contributed by atoms with Gasteiger partial charge in [0.05, 0.1) is 23.6 Å². The van der Waals surface area contributed by atoms with E-state index in [1.54, 1.807) is 13.2 Å². The van der Waals surface area contributed by atoms with E-state index < -0.39 is 5.25 Å². The SMILES string of the molecule is COc1ccc(-c2ccc(C#N)c(SC(C)C(=O)Nc3ccc(C)c(C)c3)n2)cc1. The number of methoxy groups -OCH3 is 1. The zero-order chi connectivity index (χ0) is 21.7. The number of rotatable bonds is 6. The molecule has 3 rings (SSSR count). The van der Waals surface area contributed by atoms with Crippen LogP contribution in [0.3, 0.4) is 0 Å². The molecule has 0 radical (unpaired) electrons. The number of hydrogen-bond acceptors (Lipinski definition) is 5. The Morgan fingerprint density at radius 3 is 2.47 bits per heavy atom. The lowest BCUT2D eigenvalue weighted by atomic mass is 10.1.